The molecule has 7 aromatic carbocycles. The molecule has 204 valence electrons. The van der Waals surface area contributed by atoms with E-state index in [1.165, 1.54) is 59.6 Å². The summed E-state index contributed by atoms with van der Waals surface area (Å²) in [5.74, 6) is 0. The van der Waals surface area contributed by atoms with Crippen molar-refractivity contribution in [3.05, 3.63) is 152 Å². The second kappa shape index (κ2) is 8.82. The molecule has 0 saturated carbocycles. The van der Waals surface area contributed by atoms with Crippen molar-refractivity contribution in [2.24, 2.45) is 0 Å². The highest BCUT2D eigenvalue weighted by molar-refractivity contribution is 6.25. The van der Waals surface area contributed by atoms with Crippen LogP contribution in [-0.2, 0) is 0 Å². The van der Waals surface area contributed by atoms with Crippen molar-refractivity contribution in [2.75, 3.05) is 0 Å². The molecule has 0 radical (unpaired) electrons. The van der Waals surface area contributed by atoms with Crippen LogP contribution in [0.5, 0.6) is 0 Å². The lowest BCUT2D eigenvalue weighted by molar-refractivity contribution is 0.670. The fourth-order valence-electron chi connectivity index (χ4n) is 7.48. The average Bonchev–Trinajstić information content (AvgIpc) is 3.64. The summed E-state index contributed by atoms with van der Waals surface area (Å²) in [6.07, 6.45) is 0. The SMILES string of the molecule is c1ccc2c(c1)oc1c(-c3ccc4c(c3)c3cccc5c6ccccc6c6ccccc6c6ccccc6n4c53)cccc12. The van der Waals surface area contributed by atoms with Crippen LogP contribution in [0.1, 0.15) is 0 Å². The zero-order valence-corrected chi connectivity index (χ0v) is 23.8. The summed E-state index contributed by atoms with van der Waals surface area (Å²) < 4.78 is 8.94. The van der Waals surface area contributed by atoms with Crippen LogP contribution < -0.4 is 0 Å². The maximum atomic E-state index is 6.45. The number of benzene rings is 7. The van der Waals surface area contributed by atoms with Crippen LogP contribution >= 0.6 is 0 Å². The molecule has 3 aromatic heterocycles. The van der Waals surface area contributed by atoms with Gasteiger partial charge in [-0.2, -0.15) is 0 Å². The van der Waals surface area contributed by atoms with E-state index < -0.39 is 0 Å². The maximum Gasteiger partial charge on any atom is 0.143 e. The molecule has 0 fully saturated rings. The molecule has 0 unspecified atom stereocenters. The third kappa shape index (κ3) is 3.14. The van der Waals surface area contributed by atoms with Gasteiger partial charge in [0.1, 0.15) is 11.2 Å². The summed E-state index contributed by atoms with van der Waals surface area (Å²) >= 11 is 0. The van der Waals surface area contributed by atoms with E-state index in [1.807, 2.05) is 6.07 Å². The molecule has 0 N–H and O–H groups in total. The lowest BCUT2D eigenvalue weighted by atomic mass is 9.99. The monoisotopic (exact) mass is 559 g/mol. The summed E-state index contributed by atoms with van der Waals surface area (Å²) in [5.41, 5.74) is 7.72. The predicted octanol–water partition coefficient (Wildman–Crippen LogP) is 11.8. The van der Waals surface area contributed by atoms with Gasteiger partial charge in [0.25, 0.3) is 0 Å². The van der Waals surface area contributed by atoms with Crippen molar-refractivity contribution in [3.63, 3.8) is 0 Å². The number of hydrogen-bond donors (Lipinski definition) is 0. The number of aromatic nitrogens is 1. The third-order valence-electron chi connectivity index (χ3n) is 9.37. The largest absolute Gasteiger partial charge is 0.455 e. The van der Waals surface area contributed by atoms with Gasteiger partial charge in [0.15, 0.2) is 0 Å². The van der Waals surface area contributed by atoms with Gasteiger partial charge in [-0.25, -0.2) is 0 Å². The molecule has 0 spiro atoms. The molecule has 44 heavy (non-hydrogen) atoms. The van der Waals surface area contributed by atoms with Crippen molar-refractivity contribution >= 4 is 81.6 Å². The number of para-hydroxylation sites is 4. The first-order valence-corrected chi connectivity index (χ1v) is 15.1. The Bertz CT molecular complexity index is 2830. The molecule has 0 bridgehead atoms. The van der Waals surface area contributed by atoms with Gasteiger partial charge in [0, 0.05) is 37.9 Å². The molecular formula is C42H25NO. The summed E-state index contributed by atoms with van der Waals surface area (Å²) in [6, 6.07) is 54.9. The van der Waals surface area contributed by atoms with Crippen molar-refractivity contribution < 1.29 is 4.42 Å². The number of rotatable bonds is 1. The van der Waals surface area contributed by atoms with Gasteiger partial charge in [-0.15, -0.1) is 0 Å². The quantitative estimate of drug-likeness (QED) is 0.196. The lowest BCUT2D eigenvalue weighted by Gasteiger charge is -2.06. The molecule has 0 saturated heterocycles. The zero-order valence-electron chi connectivity index (χ0n) is 23.8. The molecule has 0 aliphatic heterocycles. The van der Waals surface area contributed by atoms with Gasteiger partial charge in [0.2, 0.25) is 0 Å². The lowest BCUT2D eigenvalue weighted by Crippen LogP contribution is -1.86. The van der Waals surface area contributed by atoms with Crippen LogP contribution in [0.3, 0.4) is 0 Å². The molecule has 3 heterocycles. The van der Waals surface area contributed by atoms with Gasteiger partial charge in [-0.1, -0.05) is 127 Å². The Labute approximate surface area is 252 Å². The van der Waals surface area contributed by atoms with Crippen LogP contribution in [0, 0.1) is 0 Å². The second-order valence-corrected chi connectivity index (χ2v) is 11.7. The molecule has 2 heteroatoms. The van der Waals surface area contributed by atoms with Gasteiger partial charge >= 0.3 is 0 Å². The molecule has 0 aliphatic carbocycles. The molecule has 0 aliphatic rings. The molecule has 10 aromatic rings. The summed E-state index contributed by atoms with van der Waals surface area (Å²) in [6.45, 7) is 0. The first kappa shape index (κ1) is 23.7. The number of nitrogens with zero attached hydrogens (tertiary/aromatic N) is 1. The first-order valence-electron chi connectivity index (χ1n) is 15.1. The first-order chi connectivity index (χ1) is 21.8. The summed E-state index contributed by atoms with van der Waals surface area (Å²) in [5, 5.41) is 12.2. The highest BCUT2D eigenvalue weighted by atomic mass is 16.3. The van der Waals surface area contributed by atoms with E-state index in [0.717, 1.165) is 33.1 Å². The van der Waals surface area contributed by atoms with Crippen molar-refractivity contribution in [1.29, 1.82) is 0 Å². The molecule has 0 atom stereocenters. The van der Waals surface area contributed by atoms with E-state index in [-0.39, 0.29) is 0 Å². The maximum absolute atomic E-state index is 6.45. The Morgan fingerprint density at radius 3 is 1.66 bits per heavy atom. The molecule has 0 amide bonds. The highest BCUT2D eigenvalue weighted by Crippen LogP contribution is 2.41. The number of hydrogen-bond acceptors (Lipinski definition) is 1. The zero-order chi connectivity index (χ0) is 28.8. The summed E-state index contributed by atoms with van der Waals surface area (Å²) in [7, 11) is 0. The van der Waals surface area contributed by atoms with Crippen LogP contribution in [0.25, 0.3) is 92.7 Å². The Morgan fingerprint density at radius 1 is 0.364 bits per heavy atom. The molecule has 2 nitrogen and oxygen atoms in total. The number of fused-ring (bicyclic) bond motifs is 13. The Hall–Kier alpha value is -5.86. The van der Waals surface area contributed by atoms with E-state index >= 15 is 0 Å². The van der Waals surface area contributed by atoms with E-state index in [0.29, 0.717) is 0 Å². The molecular weight excluding hydrogens is 534 g/mol. The smallest absolute Gasteiger partial charge is 0.143 e. The van der Waals surface area contributed by atoms with E-state index in [9.17, 15) is 0 Å². The third-order valence-corrected chi connectivity index (χ3v) is 9.37. The predicted molar refractivity (Wildman–Crippen MR) is 186 cm³/mol. The minimum absolute atomic E-state index is 0.919. The minimum Gasteiger partial charge on any atom is -0.455 e. The minimum atomic E-state index is 0.919. The summed E-state index contributed by atoms with van der Waals surface area (Å²) in [4.78, 5) is 0. The van der Waals surface area contributed by atoms with Crippen LogP contribution in [0.2, 0.25) is 0 Å². The van der Waals surface area contributed by atoms with E-state index in [2.05, 4.69) is 150 Å². The fourth-order valence-corrected chi connectivity index (χ4v) is 7.48. The Balaban J connectivity index is 1.43. The molecule has 10 rings (SSSR count). The Morgan fingerprint density at radius 2 is 0.886 bits per heavy atom. The highest BCUT2D eigenvalue weighted by Gasteiger charge is 2.17. The van der Waals surface area contributed by atoms with Crippen molar-refractivity contribution in [1.82, 2.24) is 4.40 Å². The van der Waals surface area contributed by atoms with Crippen molar-refractivity contribution in [2.45, 2.75) is 0 Å². The van der Waals surface area contributed by atoms with E-state index in [4.69, 9.17) is 4.42 Å². The fraction of sp³-hybridized carbons (Fsp3) is 0. The van der Waals surface area contributed by atoms with Gasteiger partial charge < -0.3 is 8.82 Å². The van der Waals surface area contributed by atoms with Crippen LogP contribution in [0.15, 0.2) is 156 Å². The van der Waals surface area contributed by atoms with Gasteiger partial charge in [-0.3, -0.25) is 0 Å². The normalized spacial score (nSPS) is 12.1. The Kier molecular flexibility index (Phi) is 4.75. The topological polar surface area (TPSA) is 17.6 Å². The number of furan rings is 1. The van der Waals surface area contributed by atoms with Crippen molar-refractivity contribution in [3.8, 4) is 11.1 Å². The van der Waals surface area contributed by atoms with E-state index in [1.54, 1.807) is 0 Å². The second-order valence-electron chi connectivity index (χ2n) is 11.7. The standard InChI is InChI=1S/C42H25NO/c1-3-13-30-28(11-1)29-12-2-4-14-31(29)34-18-10-19-35-37-25-26(23-24-39(37)43(41(34)35)38-21-7-5-15-32(30)38)27-17-9-20-36-33-16-6-8-22-40(33)44-42(27)36/h1-25H. The average molecular weight is 560 g/mol. The van der Waals surface area contributed by atoms with Crippen LogP contribution in [0.4, 0.5) is 0 Å². The van der Waals surface area contributed by atoms with Crippen LogP contribution in [-0.4, -0.2) is 4.40 Å². The van der Waals surface area contributed by atoms with Gasteiger partial charge in [0.05, 0.1) is 16.6 Å². The van der Waals surface area contributed by atoms with Gasteiger partial charge in [-0.05, 0) is 51.4 Å².